The van der Waals surface area contributed by atoms with Crippen molar-refractivity contribution in [1.29, 1.82) is 0 Å². The maximum absolute atomic E-state index is 12.9. The number of furan rings is 1. The van der Waals surface area contributed by atoms with Crippen molar-refractivity contribution in [2.75, 3.05) is 6.54 Å². The van der Waals surface area contributed by atoms with Gasteiger partial charge in [-0.25, -0.2) is 4.79 Å². The molecule has 6 heteroatoms. The molecular formula is C22H25N3O3. The molecule has 1 aromatic carbocycles. The highest BCUT2D eigenvalue weighted by atomic mass is 16.5. The molecule has 2 aromatic heterocycles. The zero-order chi connectivity index (χ0) is 19.3. The van der Waals surface area contributed by atoms with E-state index in [-0.39, 0.29) is 12.1 Å². The quantitative estimate of drug-likeness (QED) is 0.687. The van der Waals surface area contributed by atoms with E-state index in [9.17, 15) is 4.79 Å². The summed E-state index contributed by atoms with van der Waals surface area (Å²) in [5.74, 6) is 2.43. The molecule has 2 amide bonds. The summed E-state index contributed by atoms with van der Waals surface area (Å²) < 4.78 is 11.2. The van der Waals surface area contributed by atoms with Crippen LogP contribution in [0.5, 0.6) is 0 Å². The van der Waals surface area contributed by atoms with Gasteiger partial charge in [-0.15, -0.1) is 0 Å². The van der Waals surface area contributed by atoms with Crippen molar-refractivity contribution >= 4 is 6.03 Å². The first-order valence-corrected chi connectivity index (χ1v) is 9.82. The minimum Gasteiger partial charge on any atom is -0.464 e. The Bertz CT molecular complexity index is 916. The van der Waals surface area contributed by atoms with E-state index in [4.69, 9.17) is 8.94 Å². The number of nitrogens with one attached hydrogen (secondary N) is 1. The van der Waals surface area contributed by atoms with Gasteiger partial charge in [0.05, 0.1) is 12.6 Å². The van der Waals surface area contributed by atoms with Crippen LogP contribution in [0.3, 0.4) is 0 Å². The number of hydrogen-bond donors (Lipinski definition) is 1. The monoisotopic (exact) mass is 379 g/mol. The normalized spacial score (nSPS) is 17.3. The maximum atomic E-state index is 12.9. The van der Waals surface area contributed by atoms with Crippen LogP contribution < -0.4 is 5.32 Å². The summed E-state index contributed by atoms with van der Waals surface area (Å²) in [7, 11) is 0. The van der Waals surface area contributed by atoms with E-state index in [1.165, 1.54) is 0 Å². The molecule has 146 valence electrons. The smallest absolute Gasteiger partial charge is 0.318 e. The Hall–Kier alpha value is -3.02. The van der Waals surface area contributed by atoms with Gasteiger partial charge in [0.15, 0.2) is 5.76 Å². The van der Waals surface area contributed by atoms with Gasteiger partial charge in [-0.2, -0.15) is 0 Å². The molecule has 3 heterocycles. The molecule has 3 aromatic rings. The minimum atomic E-state index is -0.0924. The lowest BCUT2D eigenvalue weighted by Gasteiger charge is -2.28. The highest BCUT2D eigenvalue weighted by Gasteiger charge is 2.29. The summed E-state index contributed by atoms with van der Waals surface area (Å²) in [5, 5.41) is 7.07. The largest absolute Gasteiger partial charge is 0.464 e. The Labute approximate surface area is 164 Å². The van der Waals surface area contributed by atoms with E-state index >= 15 is 0 Å². The lowest BCUT2D eigenvalue weighted by molar-refractivity contribution is 0.165. The van der Waals surface area contributed by atoms with E-state index in [0.717, 1.165) is 49.3 Å². The third-order valence-electron chi connectivity index (χ3n) is 5.14. The Balaban J connectivity index is 1.42. The molecule has 0 saturated carbocycles. The standard InChI is InChI=1S/C22H25N3O3/c1-16-11-12-20(27-16)19-10-6-3-7-13-25(19)22(26)23-15-18-14-21(28-24-18)17-8-4-2-5-9-17/h2,4-5,8-9,11-12,14,19H,3,6-7,10,13,15H2,1H3,(H,23,26)/t19-/m1/s1. The topological polar surface area (TPSA) is 71.5 Å². The number of urea groups is 1. The summed E-state index contributed by atoms with van der Waals surface area (Å²) >= 11 is 0. The van der Waals surface area contributed by atoms with E-state index < -0.39 is 0 Å². The molecule has 28 heavy (non-hydrogen) atoms. The lowest BCUT2D eigenvalue weighted by Crippen LogP contribution is -2.41. The summed E-state index contributed by atoms with van der Waals surface area (Å²) in [6.07, 6.45) is 4.15. The molecular weight excluding hydrogens is 354 g/mol. The first-order chi connectivity index (χ1) is 13.7. The van der Waals surface area contributed by atoms with E-state index in [1.54, 1.807) is 0 Å². The molecule has 1 atom stereocenters. The first-order valence-electron chi connectivity index (χ1n) is 9.82. The van der Waals surface area contributed by atoms with Crippen LogP contribution in [0.25, 0.3) is 11.3 Å². The van der Waals surface area contributed by atoms with Crippen LogP contribution in [0.4, 0.5) is 4.79 Å². The number of amides is 2. The predicted molar refractivity (Wildman–Crippen MR) is 106 cm³/mol. The molecule has 6 nitrogen and oxygen atoms in total. The van der Waals surface area contributed by atoms with Crippen LogP contribution in [0.15, 0.2) is 57.5 Å². The summed E-state index contributed by atoms with van der Waals surface area (Å²) in [5.41, 5.74) is 1.67. The molecule has 0 bridgehead atoms. The van der Waals surface area contributed by atoms with Crippen LogP contribution >= 0.6 is 0 Å². The number of benzene rings is 1. The van der Waals surface area contributed by atoms with Gasteiger partial charge in [-0.1, -0.05) is 48.3 Å². The Morgan fingerprint density at radius 1 is 1.18 bits per heavy atom. The minimum absolute atomic E-state index is 0.0200. The number of carbonyl (C=O) groups excluding carboxylic acids is 1. The van der Waals surface area contributed by atoms with Crippen LogP contribution in [-0.2, 0) is 6.54 Å². The summed E-state index contributed by atoms with van der Waals surface area (Å²) in [6.45, 7) is 2.99. The molecule has 0 unspecified atom stereocenters. The van der Waals surface area contributed by atoms with Gasteiger partial charge in [0, 0.05) is 18.2 Å². The maximum Gasteiger partial charge on any atom is 0.318 e. The van der Waals surface area contributed by atoms with Crippen molar-refractivity contribution < 1.29 is 13.7 Å². The van der Waals surface area contributed by atoms with Crippen molar-refractivity contribution in [1.82, 2.24) is 15.4 Å². The van der Waals surface area contributed by atoms with Gasteiger partial charge in [0.2, 0.25) is 0 Å². The molecule has 1 saturated heterocycles. The third kappa shape index (κ3) is 4.11. The molecule has 0 spiro atoms. The van der Waals surface area contributed by atoms with E-state index in [2.05, 4.69) is 10.5 Å². The number of likely N-dealkylation sites (tertiary alicyclic amines) is 1. The Kier molecular flexibility index (Phi) is 5.46. The number of nitrogens with zero attached hydrogens (tertiary/aromatic N) is 2. The number of rotatable bonds is 4. The summed E-state index contributed by atoms with van der Waals surface area (Å²) in [6, 6.07) is 15.5. The molecule has 4 rings (SSSR count). The van der Waals surface area contributed by atoms with Crippen LogP contribution in [0, 0.1) is 6.92 Å². The number of hydrogen-bond acceptors (Lipinski definition) is 4. The van der Waals surface area contributed by atoms with E-state index in [0.29, 0.717) is 18.0 Å². The predicted octanol–water partition coefficient (Wildman–Crippen LogP) is 5.07. The number of carbonyl (C=O) groups is 1. The molecule has 1 fully saturated rings. The Morgan fingerprint density at radius 3 is 2.82 bits per heavy atom. The van der Waals surface area contributed by atoms with Gasteiger partial charge < -0.3 is 19.2 Å². The van der Waals surface area contributed by atoms with E-state index in [1.807, 2.05) is 60.4 Å². The van der Waals surface area contributed by atoms with Crippen molar-refractivity contribution in [2.24, 2.45) is 0 Å². The SMILES string of the molecule is Cc1ccc([C@H]2CCCCCN2C(=O)NCc2cc(-c3ccccc3)on2)o1. The number of aryl methyl sites for hydroxylation is 1. The first kappa shape index (κ1) is 18.3. The van der Waals surface area contributed by atoms with Crippen molar-refractivity contribution in [3.63, 3.8) is 0 Å². The van der Waals surface area contributed by atoms with Crippen LogP contribution in [0.1, 0.15) is 48.9 Å². The fraction of sp³-hybridized carbons (Fsp3) is 0.364. The fourth-order valence-electron chi connectivity index (χ4n) is 3.68. The van der Waals surface area contributed by atoms with Crippen LogP contribution in [0.2, 0.25) is 0 Å². The third-order valence-corrected chi connectivity index (χ3v) is 5.14. The van der Waals surface area contributed by atoms with Gasteiger partial charge in [0.1, 0.15) is 17.2 Å². The average Bonchev–Trinajstić information content (AvgIpc) is 3.29. The van der Waals surface area contributed by atoms with Gasteiger partial charge >= 0.3 is 6.03 Å². The van der Waals surface area contributed by atoms with Crippen molar-refractivity contribution in [3.05, 3.63) is 65.7 Å². The highest BCUT2D eigenvalue weighted by Crippen LogP contribution is 2.31. The molecule has 1 aliphatic heterocycles. The molecule has 1 aliphatic rings. The zero-order valence-electron chi connectivity index (χ0n) is 16.1. The second-order valence-electron chi connectivity index (χ2n) is 7.21. The van der Waals surface area contributed by atoms with Gasteiger partial charge in [-0.3, -0.25) is 0 Å². The molecule has 0 radical (unpaired) electrons. The van der Waals surface area contributed by atoms with Crippen molar-refractivity contribution in [3.8, 4) is 11.3 Å². The second-order valence-corrected chi connectivity index (χ2v) is 7.21. The lowest BCUT2D eigenvalue weighted by atomic mass is 10.1. The second kappa shape index (κ2) is 8.33. The highest BCUT2D eigenvalue weighted by molar-refractivity contribution is 5.74. The van der Waals surface area contributed by atoms with Crippen molar-refractivity contribution in [2.45, 2.75) is 45.2 Å². The number of aromatic nitrogens is 1. The Morgan fingerprint density at radius 2 is 2.04 bits per heavy atom. The van der Waals surface area contributed by atoms with Crippen LogP contribution in [-0.4, -0.2) is 22.6 Å². The van der Waals surface area contributed by atoms with Gasteiger partial charge in [0.25, 0.3) is 0 Å². The fourth-order valence-corrected chi connectivity index (χ4v) is 3.68. The summed E-state index contributed by atoms with van der Waals surface area (Å²) in [4.78, 5) is 14.8. The zero-order valence-corrected chi connectivity index (χ0v) is 16.1. The molecule has 0 aliphatic carbocycles. The average molecular weight is 379 g/mol. The molecule has 1 N–H and O–H groups in total. The van der Waals surface area contributed by atoms with Gasteiger partial charge in [-0.05, 0) is 31.9 Å².